The van der Waals surface area contributed by atoms with Gasteiger partial charge in [-0.1, -0.05) is 0 Å². The summed E-state index contributed by atoms with van der Waals surface area (Å²) in [4.78, 5) is 0. The molecule has 1 aliphatic rings. The van der Waals surface area contributed by atoms with Gasteiger partial charge >= 0.3 is 0 Å². The van der Waals surface area contributed by atoms with E-state index < -0.39 is 10.0 Å². The molecule has 8 heteroatoms. The molecule has 1 aliphatic carbocycles. The highest BCUT2D eigenvalue weighted by molar-refractivity contribution is 7.89. The van der Waals surface area contributed by atoms with Crippen LogP contribution >= 0.6 is 0 Å². The third-order valence-electron chi connectivity index (χ3n) is 2.71. The van der Waals surface area contributed by atoms with Gasteiger partial charge in [0, 0.05) is 18.7 Å². The molecule has 1 heterocycles. The minimum atomic E-state index is -3.65. The summed E-state index contributed by atoms with van der Waals surface area (Å²) >= 11 is 0. The third kappa shape index (κ3) is 3.52. The number of aromatic amines is 1. The minimum absolute atomic E-state index is 0.0906. The second kappa shape index (κ2) is 5.79. The van der Waals surface area contributed by atoms with Crippen LogP contribution in [-0.4, -0.2) is 43.5 Å². The summed E-state index contributed by atoms with van der Waals surface area (Å²) in [6, 6.07) is 0. The van der Waals surface area contributed by atoms with Crippen LogP contribution in [0.15, 0.2) is 11.2 Å². The van der Waals surface area contributed by atoms with E-state index in [9.17, 15) is 8.42 Å². The molecule has 1 aromatic heterocycles. The molecule has 0 unspecified atom stereocenters. The largest absolute Gasteiger partial charge is 0.392 e. The van der Waals surface area contributed by atoms with Crippen molar-refractivity contribution in [2.24, 2.45) is 5.92 Å². The van der Waals surface area contributed by atoms with Crippen LogP contribution in [0, 0.1) is 5.92 Å². The third-order valence-corrected chi connectivity index (χ3v) is 4.18. The molecule has 0 saturated heterocycles. The first-order chi connectivity index (χ1) is 8.63. The Morgan fingerprint density at radius 3 is 3.00 bits per heavy atom. The molecule has 0 amide bonds. The van der Waals surface area contributed by atoms with Gasteiger partial charge in [0.25, 0.3) is 10.0 Å². The van der Waals surface area contributed by atoms with Gasteiger partial charge in [0.1, 0.15) is 0 Å². The first kappa shape index (κ1) is 13.5. The Hall–Kier alpha value is -0.960. The van der Waals surface area contributed by atoms with E-state index in [1.54, 1.807) is 0 Å². The summed E-state index contributed by atoms with van der Waals surface area (Å²) in [7, 11) is -3.65. The predicted molar refractivity (Wildman–Crippen MR) is 63.2 cm³/mol. The standard InChI is InChI=1S/C10H17N3O4S/c14-6-9-5-11-13-10(9)18(15,16)12-3-4-17-7-8-1-2-8/h5,8,12,14H,1-4,6-7H2,(H,11,13). The molecular formula is C10H17N3O4S. The van der Waals surface area contributed by atoms with Crippen LogP contribution in [-0.2, 0) is 21.4 Å². The van der Waals surface area contributed by atoms with Gasteiger partial charge in [-0.2, -0.15) is 5.10 Å². The summed E-state index contributed by atoms with van der Waals surface area (Å²) < 4.78 is 31.4. The van der Waals surface area contributed by atoms with E-state index in [1.807, 2.05) is 0 Å². The number of aliphatic hydroxyl groups excluding tert-OH is 1. The van der Waals surface area contributed by atoms with E-state index in [-0.39, 0.29) is 23.7 Å². The summed E-state index contributed by atoms with van der Waals surface area (Å²) in [6.45, 7) is 0.885. The van der Waals surface area contributed by atoms with Gasteiger partial charge in [0.2, 0.25) is 0 Å². The van der Waals surface area contributed by atoms with E-state index in [4.69, 9.17) is 9.84 Å². The quantitative estimate of drug-likeness (QED) is 0.560. The van der Waals surface area contributed by atoms with Gasteiger partial charge in [0.05, 0.1) is 19.4 Å². The van der Waals surface area contributed by atoms with Crippen molar-refractivity contribution in [2.45, 2.75) is 24.5 Å². The van der Waals surface area contributed by atoms with Crippen LogP contribution < -0.4 is 4.72 Å². The van der Waals surface area contributed by atoms with Crippen LogP contribution in [0.25, 0.3) is 0 Å². The normalized spacial score (nSPS) is 16.1. The Morgan fingerprint density at radius 1 is 1.56 bits per heavy atom. The van der Waals surface area contributed by atoms with Crippen molar-refractivity contribution in [3.05, 3.63) is 11.8 Å². The predicted octanol–water partition coefficient (Wildman–Crippen LogP) is -0.393. The molecule has 3 N–H and O–H groups in total. The topological polar surface area (TPSA) is 104 Å². The van der Waals surface area contributed by atoms with Gasteiger partial charge in [0.15, 0.2) is 5.03 Å². The maximum Gasteiger partial charge on any atom is 0.257 e. The number of nitrogens with one attached hydrogen (secondary N) is 2. The molecule has 0 aliphatic heterocycles. The van der Waals surface area contributed by atoms with E-state index >= 15 is 0 Å². The van der Waals surface area contributed by atoms with E-state index in [1.165, 1.54) is 19.0 Å². The zero-order valence-corrected chi connectivity index (χ0v) is 10.7. The molecule has 0 atom stereocenters. The Morgan fingerprint density at radius 2 is 2.33 bits per heavy atom. The molecule has 0 spiro atoms. The first-order valence-electron chi connectivity index (χ1n) is 5.84. The molecule has 1 saturated carbocycles. The average molecular weight is 275 g/mol. The lowest BCUT2D eigenvalue weighted by Crippen LogP contribution is -2.28. The molecule has 18 heavy (non-hydrogen) atoms. The zero-order chi connectivity index (χ0) is 13.0. The summed E-state index contributed by atoms with van der Waals surface area (Å²) in [6.07, 6.45) is 3.71. The van der Waals surface area contributed by atoms with Gasteiger partial charge in [-0.05, 0) is 18.8 Å². The number of sulfonamides is 1. The van der Waals surface area contributed by atoms with Crippen LogP contribution in [0.1, 0.15) is 18.4 Å². The number of hydrogen-bond acceptors (Lipinski definition) is 5. The number of aliphatic hydroxyl groups is 1. The van der Waals surface area contributed by atoms with Crippen LogP contribution in [0.4, 0.5) is 0 Å². The summed E-state index contributed by atoms with van der Waals surface area (Å²) in [5.41, 5.74) is 0.251. The highest BCUT2D eigenvalue weighted by Gasteiger charge is 2.22. The van der Waals surface area contributed by atoms with Crippen molar-refractivity contribution >= 4 is 10.0 Å². The van der Waals surface area contributed by atoms with Crippen LogP contribution in [0.5, 0.6) is 0 Å². The number of hydrogen-bond donors (Lipinski definition) is 3. The van der Waals surface area contributed by atoms with Crippen LogP contribution in [0.3, 0.4) is 0 Å². The van der Waals surface area contributed by atoms with Crippen LogP contribution in [0.2, 0.25) is 0 Å². The SMILES string of the molecule is O=S(=O)(NCCOCC1CC1)c1[nH]ncc1CO. The lowest BCUT2D eigenvalue weighted by molar-refractivity contribution is 0.129. The molecule has 7 nitrogen and oxygen atoms in total. The molecule has 0 bridgehead atoms. The fraction of sp³-hybridized carbons (Fsp3) is 0.700. The number of ether oxygens (including phenoxy) is 1. The Kier molecular flexibility index (Phi) is 4.33. The monoisotopic (exact) mass is 275 g/mol. The molecule has 0 aromatic carbocycles. The van der Waals surface area contributed by atoms with E-state index in [2.05, 4.69) is 14.9 Å². The minimum Gasteiger partial charge on any atom is -0.392 e. The van der Waals surface area contributed by atoms with E-state index in [0.717, 1.165) is 0 Å². The maximum atomic E-state index is 11.8. The number of nitrogens with zero attached hydrogens (tertiary/aromatic N) is 1. The average Bonchev–Trinajstić information content (AvgIpc) is 3.03. The fourth-order valence-electron chi connectivity index (χ4n) is 1.50. The van der Waals surface area contributed by atoms with Crippen molar-refractivity contribution in [3.63, 3.8) is 0 Å². The van der Waals surface area contributed by atoms with Gasteiger partial charge in [-0.3, -0.25) is 5.10 Å². The molecule has 0 radical (unpaired) electrons. The Bertz CT molecular complexity index is 481. The lowest BCUT2D eigenvalue weighted by Gasteiger charge is -2.06. The fourth-order valence-corrected chi connectivity index (χ4v) is 2.63. The van der Waals surface area contributed by atoms with Crippen molar-refractivity contribution in [1.82, 2.24) is 14.9 Å². The molecule has 102 valence electrons. The number of rotatable bonds is 8. The highest BCUT2D eigenvalue weighted by atomic mass is 32.2. The molecule has 1 aromatic rings. The lowest BCUT2D eigenvalue weighted by atomic mass is 10.4. The second-order valence-electron chi connectivity index (χ2n) is 4.30. The summed E-state index contributed by atoms with van der Waals surface area (Å²) in [5.74, 6) is 0.662. The molecule has 2 rings (SSSR count). The number of H-pyrrole nitrogens is 1. The van der Waals surface area contributed by atoms with E-state index in [0.29, 0.717) is 19.1 Å². The van der Waals surface area contributed by atoms with Gasteiger partial charge < -0.3 is 9.84 Å². The van der Waals surface area contributed by atoms with Crippen molar-refractivity contribution in [1.29, 1.82) is 0 Å². The summed E-state index contributed by atoms with van der Waals surface area (Å²) in [5, 5.41) is 14.8. The maximum absolute atomic E-state index is 11.8. The van der Waals surface area contributed by atoms with Gasteiger partial charge in [-0.15, -0.1) is 0 Å². The number of aromatic nitrogens is 2. The van der Waals surface area contributed by atoms with Crippen molar-refractivity contribution in [2.75, 3.05) is 19.8 Å². The highest BCUT2D eigenvalue weighted by Crippen LogP contribution is 2.28. The van der Waals surface area contributed by atoms with Crippen molar-refractivity contribution in [3.8, 4) is 0 Å². The van der Waals surface area contributed by atoms with Gasteiger partial charge in [-0.25, -0.2) is 13.1 Å². The smallest absolute Gasteiger partial charge is 0.257 e. The molecule has 1 fully saturated rings. The Labute approximate surface area is 106 Å². The van der Waals surface area contributed by atoms with Crippen molar-refractivity contribution < 1.29 is 18.3 Å². The zero-order valence-electron chi connectivity index (χ0n) is 9.92. The second-order valence-corrected chi connectivity index (χ2v) is 6.00. The Balaban J connectivity index is 1.79. The first-order valence-corrected chi connectivity index (χ1v) is 7.32. The molecular weight excluding hydrogens is 258 g/mol.